The summed E-state index contributed by atoms with van der Waals surface area (Å²) in [5.41, 5.74) is -0.509. The Balaban J connectivity index is 2.11. The molecule has 3 atom stereocenters. The van der Waals surface area contributed by atoms with Crippen LogP contribution in [0.15, 0.2) is 0 Å². The van der Waals surface area contributed by atoms with Gasteiger partial charge in [-0.15, -0.1) is 0 Å². The Morgan fingerprint density at radius 3 is 2.50 bits per heavy atom. The summed E-state index contributed by atoms with van der Waals surface area (Å²) in [5.74, 6) is 0.181. The van der Waals surface area contributed by atoms with Gasteiger partial charge in [0.2, 0.25) is 11.8 Å². The number of amides is 2. The third-order valence-electron chi connectivity index (χ3n) is 4.79. The molecule has 1 saturated carbocycles. The molecule has 1 heterocycles. The number of carbonyl (C=O) groups is 3. The maximum atomic E-state index is 12.6. The van der Waals surface area contributed by atoms with Crippen molar-refractivity contribution in [1.29, 1.82) is 0 Å². The highest BCUT2D eigenvalue weighted by molar-refractivity contribution is 5.98. The molecule has 1 aliphatic carbocycles. The lowest BCUT2D eigenvalue weighted by Crippen LogP contribution is -2.69. The minimum absolute atomic E-state index is 0.0138. The van der Waals surface area contributed by atoms with Crippen molar-refractivity contribution >= 4 is 17.6 Å². The summed E-state index contributed by atoms with van der Waals surface area (Å²) in [6, 6.07) is -0.424. The highest BCUT2D eigenvalue weighted by Crippen LogP contribution is 2.46. The summed E-state index contributed by atoms with van der Waals surface area (Å²) < 4.78 is 0. The number of rotatable bonds is 3. The number of nitrogens with zero attached hydrogens (tertiary/aromatic N) is 1. The number of hydrogen-bond donors (Lipinski definition) is 1. The number of likely N-dealkylation sites (N-methyl/N-ethyl adjacent to an activating group) is 1. The molecule has 0 bridgehead atoms. The van der Waals surface area contributed by atoms with E-state index in [9.17, 15) is 14.4 Å². The monoisotopic (exact) mass is 280 g/mol. The van der Waals surface area contributed by atoms with Gasteiger partial charge in [0.05, 0.1) is 5.41 Å². The summed E-state index contributed by atoms with van der Waals surface area (Å²) >= 11 is 0. The van der Waals surface area contributed by atoms with Crippen LogP contribution in [0.5, 0.6) is 0 Å². The van der Waals surface area contributed by atoms with Crippen LogP contribution in [0.2, 0.25) is 0 Å². The zero-order valence-corrected chi connectivity index (χ0v) is 12.7. The number of hydrogen-bond acceptors (Lipinski definition) is 3. The average molecular weight is 280 g/mol. The molecule has 0 aromatic heterocycles. The number of carbonyl (C=O) groups excluding carboxylic acids is 3. The van der Waals surface area contributed by atoms with Crippen molar-refractivity contribution in [2.75, 3.05) is 13.6 Å². The molecule has 2 rings (SSSR count). The van der Waals surface area contributed by atoms with E-state index in [1.807, 2.05) is 20.8 Å². The zero-order valence-electron chi connectivity index (χ0n) is 12.7. The summed E-state index contributed by atoms with van der Waals surface area (Å²) in [5, 5.41) is 2.62. The molecule has 0 aromatic rings. The van der Waals surface area contributed by atoms with Crippen LogP contribution in [0, 0.1) is 17.3 Å². The first-order valence-electron chi connectivity index (χ1n) is 7.38. The molecule has 1 N–H and O–H groups in total. The average Bonchev–Trinajstić information content (AvgIpc) is 2.41. The van der Waals surface area contributed by atoms with E-state index >= 15 is 0 Å². The van der Waals surface area contributed by atoms with Crippen molar-refractivity contribution in [3.63, 3.8) is 0 Å². The normalized spacial score (nSPS) is 31.4. The molecular weight excluding hydrogens is 256 g/mol. The Bertz CT molecular complexity index is 446. The van der Waals surface area contributed by atoms with Gasteiger partial charge in [-0.25, -0.2) is 0 Å². The lowest BCUT2D eigenvalue weighted by atomic mass is 9.64. The van der Waals surface area contributed by atoms with Gasteiger partial charge in [0, 0.05) is 25.9 Å². The molecule has 1 spiro atoms. The van der Waals surface area contributed by atoms with Crippen LogP contribution >= 0.6 is 0 Å². The van der Waals surface area contributed by atoms with Crippen LogP contribution in [0.1, 0.15) is 40.0 Å². The fourth-order valence-corrected chi connectivity index (χ4v) is 3.42. The molecule has 0 radical (unpaired) electrons. The minimum Gasteiger partial charge on any atom is -0.357 e. The molecule has 112 valence electrons. The topological polar surface area (TPSA) is 66.5 Å². The molecule has 2 amide bonds. The third kappa shape index (κ3) is 2.23. The quantitative estimate of drug-likeness (QED) is 0.784. The van der Waals surface area contributed by atoms with Gasteiger partial charge in [-0.3, -0.25) is 14.4 Å². The summed E-state index contributed by atoms with van der Waals surface area (Å²) in [6.45, 7) is 6.34. The van der Waals surface area contributed by atoms with E-state index in [0.717, 1.165) is 12.8 Å². The fraction of sp³-hybridized carbons (Fsp3) is 0.800. The first kappa shape index (κ1) is 15.0. The van der Waals surface area contributed by atoms with Gasteiger partial charge >= 0.3 is 0 Å². The van der Waals surface area contributed by atoms with Gasteiger partial charge in [0.1, 0.15) is 11.8 Å². The van der Waals surface area contributed by atoms with E-state index in [1.165, 1.54) is 0 Å². The molecule has 1 aliphatic heterocycles. The number of ketones is 1. The zero-order chi connectivity index (χ0) is 15.1. The molecule has 2 aliphatic rings. The van der Waals surface area contributed by atoms with Gasteiger partial charge in [-0.2, -0.15) is 0 Å². The van der Waals surface area contributed by atoms with E-state index in [-0.39, 0.29) is 29.4 Å². The number of β-lactam (4-membered cyclic amide) rings is 1. The van der Waals surface area contributed by atoms with Gasteiger partial charge in [0.15, 0.2) is 0 Å². The van der Waals surface area contributed by atoms with Crippen molar-refractivity contribution < 1.29 is 14.4 Å². The predicted octanol–water partition coefficient (Wildman–Crippen LogP) is 0.975. The molecular formula is C15H24N2O3. The van der Waals surface area contributed by atoms with Crippen LogP contribution in [-0.2, 0) is 14.4 Å². The summed E-state index contributed by atoms with van der Waals surface area (Å²) in [6.07, 6.45) is 1.90. The molecule has 1 unspecified atom stereocenters. The Kier molecular flexibility index (Phi) is 3.89. The van der Waals surface area contributed by atoms with Crippen LogP contribution in [-0.4, -0.2) is 42.1 Å². The molecule has 5 heteroatoms. The third-order valence-corrected chi connectivity index (χ3v) is 4.79. The van der Waals surface area contributed by atoms with Crippen molar-refractivity contribution in [1.82, 2.24) is 10.2 Å². The van der Waals surface area contributed by atoms with Crippen molar-refractivity contribution in [2.24, 2.45) is 17.3 Å². The predicted molar refractivity (Wildman–Crippen MR) is 74.9 cm³/mol. The van der Waals surface area contributed by atoms with Crippen LogP contribution in [0.4, 0.5) is 0 Å². The Morgan fingerprint density at radius 2 is 2.05 bits per heavy atom. The van der Waals surface area contributed by atoms with Crippen LogP contribution < -0.4 is 5.32 Å². The van der Waals surface area contributed by atoms with E-state index in [4.69, 9.17) is 0 Å². The molecule has 1 saturated heterocycles. The highest BCUT2D eigenvalue weighted by Gasteiger charge is 2.57. The first-order valence-corrected chi connectivity index (χ1v) is 7.38. The van der Waals surface area contributed by atoms with Gasteiger partial charge < -0.3 is 10.2 Å². The fourth-order valence-electron chi connectivity index (χ4n) is 3.42. The molecule has 5 nitrogen and oxygen atoms in total. The van der Waals surface area contributed by atoms with Crippen LogP contribution in [0.3, 0.4) is 0 Å². The van der Waals surface area contributed by atoms with Gasteiger partial charge in [0.25, 0.3) is 0 Å². The van der Waals surface area contributed by atoms with E-state index in [1.54, 1.807) is 11.9 Å². The maximum Gasteiger partial charge on any atom is 0.242 e. The number of Topliss-reactive ketones (excluding diaryl/α,β-unsaturated/α-hetero) is 1. The Morgan fingerprint density at radius 1 is 1.40 bits per heavy atom. The lowest BCUT2D eigenvalue weighted by molar-refractivity contribution is -0.175. The number of likely N-dealkylation sites (tertiary alicyclic amines) is 1. The standard InChI is InChI=1S/C15H24N2O3/c1-9(2)12(13(19)16-4)17-8-15(14(17)20)6-5-10(3)11(18)7-15/h9-10,12H,5-8H2,1-4H3,(H,16,19)/t10-,12-,15?/m0/s1. The molecule has 2 fully saturated rings. The van der Waals surface area contributed by atoms with E-state index in [0.29, 0.717) is 13.0 Å². The second-order valence-corrected chi connectivity index (χ2v) is 6.60. The second kappa shape index (κ2) is 5.19. The van der Waals surface area contributed by atoms with Crippen molar-refractivity contribution in [2.45, 2.75) is 46.1 Å². The first-order chi connectivity index (χ1) is 9.32. The highest BCUT2D eigenvalue weighted by atomic mass is 16.2. The lowest BCUT2D eigenvalue weighted by Gasteiger charge is -2.54. The maximum absolute atomic E-state index is 12.6. The largest absolute Gasteiger partial charge is 0.357 e. The molecule has 0 aromatic carbocycles. The van der Waals surface area contributed by atoms with E-state index in [2.05, 4.69) is 5.32 Å². The summed E-state index contributed by atoms with van der Waals surface area (Å²) in [7, 11) is 1.59. The van der Waals surface area contributed by atoms with Gasteiger partial charge in [-0.1, -0.05) is 20.8 Å². The molecule has 20 heavy (non-hydrogen) atoms. The minimum atomic E-state index is -0.509. The van der Waals surface area contributed by atoms with Gasteiger partial charge in [-0.05, 0) is 18.8 Å². The van der Waals surface area contributed by atoms with Crippen molar-refractivity contribution in [3.05, 3.63) is 0 Å². The summed E-state index contributed by atoms with van der Waals surface area (Å²) in [4.78, 5) is 38.0. The SMILES string of the molecule is CNC(=O)[C@H](C(C)C)N1CC2(CC[C@H](C)C(=O)C2)C1=O. The second-order valence-electron chi connectivity index (χ2n) is 6.60. The Labute approximate surface area is 120 Å². The van der Waals surface area contributed by atoms with Crippen LogP contribution in [0.25, 0.3) is 0 Å². The van der Waals surface area contributed by atoms with E-state index < -0.39 is 11.5 Å². The van der Waals surface area contributed by atoms with Crippen molar-refractivity contribution in [3.8, 4) is 0 Å². The number of nitrogens with one attached hydrogen (secondary N) is 1. The Hall–Kier alpha value is -1.39. The smallest absolute Gasteiger partial charge is 0.242 e.